The van der Waals surface area contributed by atoms with Gasteiger partial charge in [0.15, 0.2) is 0 Å². The van der Waals surface area contributed by atoms with Gasteiger partial charge in [0.05, 0.1) is 5.69 Å². The maximum Gasteiger partial charge on any atom is 0.107 e. The van der Waals surface area contributed by atoms with Crippen LogP contribution in [0, 0.1) is 5.92 Å². The molecule has 0 atom stereocenters. The first-order chi connectivity index (χ1) is 10.8. The van der Waals surface area contributed by atoms with Crippen LogP contribution in [0.25, 0.3) is 11.3 Å². The van der Waals surface area contributed by atoms with Gasteiger partial charge in [-0.15, -0.1) is 11.3 Å². The minimum atomic E-state index is 0.877. The van der Waals surface area contributed by atoms with Crippen LogP contribution in [-0.4, -0.2) is 36.1 Å². The highest BCUT2D eigenvalue weighted by Gasteiger charge is 2.14. The molecule has 118 valence electrons. The number of rotatable bonds is 6. The molecule has 0 amide bonds. The zero-order chi connectivity index (χ0) is 15.2. The lowest BCUT2D eigenvalue weighted by atomic mass is 9.99. The van der Waals surface area contributed by atoms with Crippen LogP contribution in [0.5, 0.6) is 0 Å². The van der Waals surface area contributed by atoms with Gasteiger partial charge in [0.2, 0.25) is 0 Å². The van der Waals surface area contributed by atoms with Gasteiger partial charge in [0.25, 0.3) is 0 Å². The molecule has 0 unspecified atom stereocenters. The average molecular weight is 315 g/mol. The number of hydrogen-bond acceptors (Lipinski definition) is 4. The summed E-state index contributed by atoms with van der Waals surface area (Å²) < 4.78 is 0. The standard InChI is InChI=1S/C18H25N3S/c1-15-7-10-21(11-8-15)12-9-19-13-18-20-17(14-22-18)16-5-3-2-4-6-16/h2-6,14-15,19H,7-13H2,1H3. The Labute approximate surface area is 137 Å². The zero-order valence-corrected chi connectivity index (χ0v) is 14.1. The third kappa shape index (κ3) is 4.38. The molecule has 0 saturated carbocycles. The van der Waals surface area contributed by atoms with E-state index < -0.39 is 0 Å². The summed E-state index contributed by atoms with van der Waals surface area (Å²) in [5.41, 5.74) is 2.29. The molecule has 4 heteroatoms. The molecule has 1 aliphatic heterocycles. The van der Waals surface area contributed by atoms with Crippen molar-refractivity contribution in [1.29, 1.82) is 0 Å². The monoisotopic (exact) mass is 315 g/mol. The molecule has 1 aliphatic rings. The third-order valence-electron chi connectivity index (χ3n) is 4.38. The molecule has 1 fully saturated rings. The predicted molar refractivity (Wildman–Crippen MR) is 94.1 cm³/mol. The Morgan fingerprint density at radius 3 is 2.77 bits per heavy atom. The van der Waals surface area contributed by atoms with E-state index in [9.17, 15) is 0 Å². The van der Waals surface area contributed by atoms with Crippen LogP contribution in [0.4, 0.5) is 0 Å². The van der Waals surface area contributed by atoms with E-state index in [0.29, 0.717) is 0 Å². The van der Waals surface area contributed by atoms with Crippen LogP contribution in [0.2, 0.25) is 0 Å². The summed E-state index contributed by atoms with van der Waals surface area (Å²) in [4.78, 5) is 7.29. The molecule has 0 radical (unpaired) electrons. The van der Waals surface area contributed by atoms with Gasteiger partial charge >= 0.3 is 0 Å². The van der Waals surface area contributed by atoms with Crippen LogP contribution in [-0.2, 0) is 6.54 Å². The molecule has 22 heavy (non-hydrogen) atoms. The van der Waals surface area contributed by atoms with Crippen LogP contribution < -0.4 is 5.32 Å². The van der Waals surface area contributed by atoms with Crippen molar-refractivity contribution in [2.24, 2.45) is 5.92 Å². The second kappa shape index (κ2) is 7.86. The van der Waals surface area contributed by atoms with Gasteiger partial charge in [-0.3, -0.25) is 0 Å². The highest BCUT2D eigenvalue weighted by molar-refractivity contribution is 7.09. The van der Waals surface area contributed by atoms with Gasteiger partial charge in [-0.05, 0) is 31.8 Å². The molecular weight excluding hydrogens is 290 g/mol. The van der Waals surface area contributed by atoms with Crippen LogP contribution in [0.3, 0.4) is 0 Å². The number of hydrogen-bond donors (Lipinski definition) is 1. The van der Waals surface area contributed by atoms with E-state index in [2.05, 4.69) is 46.8 Å². The summed E-state index contributed by atoms with van der Waals surface area (Å²) in [6.07, 6.45) is 2.71. The first-order valence-corrected chi connectivity index (χ1v) is 9.12. The fraction of sp³-hybridized carbons (Fsp3) is 0.500. The van der Waals surface area contributed by atoms with Crippen LogP contribution >= 0.6 is 11.3 Å². The van der Waals surface area contributed by atoms with Crippen molar-refractivity contribution in [3.63, 3.8) is 0 Å². The van der Waals surface area contributed by atoms with Crippen molar-refractivity contribution in [1.82, 2.24) is 15.2 Å². The molecule has 1 N–H and O–H groups in total. The van der Waals surface area contributed by atoms with E-state index in [1.54, 1.807) is 11.3 Å². The minimum absolute atomic E-state index is 0.877. The molecule has 2 heterocycles. The Balaban J connectivity index is 1.40. The predicted octanol–water partition coefficient (Wildman–Crippen LogP) is 3.63. The van der Waals surface area contributed by atoms with Crippen molar-refractivity contribution >= 4 is 11.3 Å². The molecule has 3 rings (SSSR count). The van der Waals surface area contributed by atoms with E-state index in [1.165, 1.54) is 36.5 Å². The number of thiazole rings is 1. The van der Waals surface area contributed by atoms with E-state index in [0.717, 1.165) is 31.2 Å². The first-order valence-electron chi connectivity index (χ1n) is 8.24. The van der Waals surface area contributed by atoms with Crippen molar-refractivity contribution in [3.8, 4) is 11.3 Å². The van der Waals surface area contributed by atoms with Gasteiger partial charge in [0.1, 0.15) is 5.01 Å². The number of aromatic nitrogens is 1. The molecule has 2 aromatic rings. The summed E-state index contributed by atoms with van der Waals surface area (Å²) in [7, 11) is 0. The van der Waals surface area contributed by atoms with E-state index in [4.69, 9.17) is 4.98 Å². The number of benzene rings is 1. The average Bonchev–Trinajstić information content (AvgIpc) is 3.03. The summed E-state index contributed by atoms with van der Waals surface area (Å²) in [5.74, 6) is 0.913. The Morgan fingerprint density at radius 1 is 1.23 bits per heavy atom. The van der Waals surface area contributed by atoms with Gasteiger partial charge in [-0.1, -0.05) is 37.3 Å². The molecule has 3 nitrogen and oxygen atoms in total. The molecule has 1 aromatic carbocycles. The Kier molecular flexibility index (Phi) is 5.59. The van der Waals surface area contributed by atoms with Gasteiger partial charge in [-0.2, -0.15) is 0 Å². The Bertz CT molecular complexity index is 559. The fourth-order valence-electron chi connectivity index (χ4n) is 2.85. The van der Waals surface area contributed by atoms with Gasteiger partial charge in [-0.25, -0.2) is 4.98 Å². The maximum atomic E-state index is 4.72. The largest absolute Gasteiger partial charge is 0.309 e. The molecule has 0 bridgehead atoms. The number of nitrogens with one attached hydrogen (secondary N) is 1. The van der Waals surface area contributed by atoms with Crippen LogP contribution in [0.1, 0.15) is 24.8 Å². The smallest absolute Gasteiger partial charge is 0.107 e. The molecule has 1 aromatic heterocycles. The second-order valence-corrected chi connectivity index (χ2v) is 7.14. The number of piperidine rings is 1. The third-order valence-corrected chi connectivity index (χ3v) is 5.23. The van der Waals surface area contributed by atoms with E-state index in [-0.39, 0.29) is 0 Å². The second-order valence-electron chi connectivity index (χ2n) is 6.19. The quantitative estimate of drug-likeness (QED) is 0.825. The highest BCUT2D eigenvalue weighted by atomic mass is 32.1. The maximum absolute atomic E-state index is 4.72. The van der Waals surface area contributed by atoms with E-state index in [1.807, 2.05) is 6.07 Å². The Morgan fingerprint density at radius 2 is 2.00 bits per heavy atom. The van der Waals surface area contributed by atoms with Gasteiger partial charge < -0.3 is 10.2 Å². The molecule has 0 spiro atoms. The number of nitrogens with zero attached hydrogens (tertiary/aromatic N) is 2. The SMILES string of the molecule is CC1CCN(CCNCc2nc(-c3ccccc3)cs2)CC1. The molecule has 1 saturated heterocycles. The topological polar surface area (TPSA) is 28.2 Å². The lowest BCUT2D eigenvalue weighted by molar-refractivity contribution is 0.193. The zero-order valence-electron chi connectivity index (χ0n) is 13.3. The lowest BCUT2D eigenvalue weighted by Gasteiger charge is -2.30. The van der Waals surface area contributed by atoms with Crippen molar-refractivity contribution in [2.45, 2.75) is 26.3 Å². The highest BCUT2D eigenvalue weighted by Crippen LogP contribution is 2.21. The van der Waals surface area contributed by atoms with Crippen molar-refractivity contribution in [3.05, 3.63) is 40.7 Å². The summed E-state index contributed by atoms with van der Waals surface area (Å²) >= 11 is 1.74. The van der Waals surface area contributed by atoms with Crippen LogP contribution in [0.15, 0.2) is 35.7 Å². The Hall–Kier alpha value is -1.23. The van der Waals surface area contributed by atoms with Crippen molar-refractivity contribution < 1.29 is 0 Å². The fourth-order valence-corrected chi connectivity index (χ4v) is 3.62. The normalized spacial score (nSPS) is 17.0. The summed E-state index contributed by atoms with van der Waals surface area (Å²) in [6.45, 7) is 7.97. The van der Waals surface area contributed by atoms with Gasteiger partial charge in [0, 0.05) is 30.6 Å². The summed E-state index contributed by atoms with van der Waals surface area (Å²) in [6, 6.07) is 10.4. The molecular formula is C18H25N3S. The van der Waals surface area contributed by atoms with E-state index >= 15 is 0 Å². The summed E-state index contributed by atoms with van der Waals surface area (Å²) in [5, 5.41) is 6.85. The minimum Gasteiger partial charge on any atom is -0.309 e. The van der Waals surface area contributed by atoms with Crippen molar-refractivity contribution in [2.75, 3.05) is 26.2 Å². The first kappa shape index (κ1) is 15.7. The lowest BCUT2D eigenvalue weighted by Crippen LogP contribution is -2.37. The molecule has 0 aliphatic carbocycles. The number of likely N-dealkylation sites (tertiary alicyclic amines) is 1.